The SMILES string of the molecule is O=c1[nH]c(=O)n(CCNCc2ccccn2)cc1Br. The van der Waals surface area contributed by atoms with Crippen molar-refractivity contribution in [2.75, 3.05) is 6.54 Å². The van der Waals surface area contributed by atoms with E-state index in [1.807, 2.05) is 18.2 Å². The Labute approximate surface area is 117 Å². The summed E-state index contributed by atoms with van der Waals surface area (Å²) in [5.74, 6) is 0. The zero-order valence-corrected chi connectivity index (χ0v) is 11.7. The van der Waals surface area contributed by atoms with E-state index in [0.29, 0.717) is 24.1 Å². The number of nitrogens with zero attached hydrogens (tertiary/aromatic N) is 2. The molecule has 2 rings (SSSR count). The van der Waals surface area contributed by atoms with E-state index in [1.54, 1.807) is 6.20 Å². The summed E-state index contributed by atoms with van der Waals surface area (Å²) in [6, 6.07) is 5.71. The molecule has 0 unspecified atom stereocenters. The maximum Gasteiger partial charge on any atom is 0.328 e. The summed E-state index contributed by atoms with van der Waals surface area (Å²) in [6.45, 7) is 1.72. The minimum absolute atomic E-state index is 0.344. The first-order chi connectivity index (χ1) is 9.16. The van der Waals surface area contributed by atoms with Crippen LogP contribution in [0.5, 0.6) is 0 Å². The molecule has 2 heterocycles. The van der Waals surface area contributed by atoms with Gasteiger partial charge in [0.2, 0.25) is 0 Å². The molecule has 6 nitrogen and oxygen atoms in total. The average molecular weight is 325 g/mol. The highest BCUT2D eigenvalue weighted by molar-refractivity contribution is 9.10. The molecule has 0 saturated heterocycles. The Hall–Kier alpha value is -1.73. The molecule has 2 N–H and O–H groups in total. The van der Waals surface area contributed by atoms with Crippen LogP contribution in [0.2, 0.25) is 0 Å². The average Bonchev–Trinajstić information content (AvgIpc) is 2.41. The zero-order valence-electron chi connectivity index (χ0n) is 10.1. The molecule has 7 heteroatoms. The molecule has 19 heavy (non-hydrogen) atoms. The molecule has 2 aromatic heterocycles. The number of hydrogen-bond donors (Lipinski definition) is 2. The van der Waals surface area contributed by atoms with Gasteiger partial charge in [-0.1, -0.05) is 6.07 Å². The molecular formula is C12H13BrN4O2. The van der Waals surface area contributed by atoms with Crippen molar-refractivity contribution >= 4 is 15.9 Å². The Morgan fingerprint density at radius 1 is 1.37 bits per heavy atom. The Kier molecular flexibility index (Phi) is 4.64. The van der Waals surface area contributed by atoms with Crippen LogP contribution in [0.4, 0.5) is 0 Å². The summed E-state index contributed by atoms with van der Waals surface area (Å²) in [5, 5.41) is 3.18. The van der Waals surface area contributed by atoms with Crippen molar-refractivity contribution in [1.29, 1.82) is 0 Å². The van der Waals surface area contributed by atoms with E-state index in [4.69, 9.17) is 0 Å². The van der Waals surface area contributed by atoms with Crippen LogP contribution in [-0.2, 0) is 13.1 Å². The number of hydrogen-bond acceptors (Lipinski definition) is 4. The summed E-state index contributed by atoms with van der Waals surface area (Å²) in [7, 11) is 0. The molecule has 0 fully saturated rings. The van der Waals surface area contributed by atoms with E-state index in [1.165, 1.54) is 10.8 Å². The quantitative estimate of drug-likeness (QED) is 0.784. The van der Waals surface area contributed by atoms with Crippen LogP contribution in [-0.4, -0.2) is 21.1 Å². The van der Waals surface area contributed by atoms with Crippen molar-refractivity contribution in [3.8, 4) is 0 Å². The molecule has 0 aliphatic carbocycles. The van der Waals surface area contributed by atoms with Crippen molar-refractivity contribution < 1.29 is 0 Å². The van der Waals surface area contributed by atoms with Gasteiger partial charge in [0.05, 0.1) is 10.2 Å². The molecule has 0 radical (unpaired) electrons. The van der Waals surface area contributed by atoms with E-state index in [0.717, 1.165) is 5.69 Å². The fourth-order valence-corrected chi connectivity index (χ4v) is 1.91. The lowest BCUT2D eigenvalue weighted by Gasteiger charge is -2.06. The topological polar surface area (TPSA) is 79.8 Å². The third-order valence-corrected chi connectivity index (χ3v) is 3.09. The maximum absolute atomic E-state index is 11.5. The highest BCUT2D eigenvalue weighted by Crippen LogP contribution is 1.97. The fourth-order valence-electron chi connectivity index (χ4n) is 1.57. The van der Waals surface area contributed by atoms with E-state index < -0.39 is 11.2 Å². The number of aromatic amines is 1. The van der Waals surface area contributed by atoms with Gasteiger partial charge in [-0.2, -0.15) is 0 Å². The number of nitrogens with one attached hydrogen (secondary N) is 2. The third kappa shape index (κ3) is 3.87. The molecule has 0 spiro atoms. The van der Waals surface area contributed by atoms with E-state index in [-0.39, 0.29) is 0 Å². The summed E-state index contributed by atoms with van der Waals surface area (Å²) >= 11 is 3.09. The van der Waals surface area contributed by atoms with Crippen LogP contribution in [0.3, 0.4) is 0 Å². The largest absolute Gasteiger partial charge is 0.328 e. The molecule has 0 bridgehead atoms. The van der Waals surface area contributed by atoms with E-state index >= 15 is 0 Å². The lowest BCUT2D eigenvalue weighted by Crippen LogP contribution is -2.32. The number of aromatic nitrogens is 3. The van der Waals surface area contributed by atoms with Gasteiger partial charge in [-0.05, 0) is 28.1 Å². The minimum atomic E-state index is -0.414. The Balaban J connectivity index is 1.88. The number of rotatable bonds is 5. The maximum atomic E-state index is 11.5. The zero-order chi connectivity index (χ0) is 13.7. The fraction of sp³-hybridized carbons (Fsp3) is 0.250. The van der Waals surface area contributed by atoms with Crippen LogP contribution in [0.25, 0.3) is 0 Å². The third-order valence-electron chi connectivity index (χ3n) is 2.53. The van der Waals surface area contributed by atoms with Crippen LogP contribution in [0, 0.1) is 0 Å². The Morgan fingerprint density at radius 2 is 2.21 bits per heavy atom. The number of halogens is 1. The molecular weight excluding hydrogens is 312 g/mol. The lowest BCUT2D eigenvalue weighted by molar-refractivity contribution is 0.569. The summed E-state index contributed by atoms with van der Waals surface area (Å²) in [5.41, 5.74) is 0.119. The van der Waals surface area contributed by atoms with Gasteiger partial charge in [0.25, 0.3) is 5.56 Å². The van der Waals surface area contributed by atoms with Gasteiger partial charge >= 0.3 is 5.69 Å². The normalized spacial score (nSPS) is 10.6. The van der Waals surface area contributed by atoms with Crippen molar-refractivity contribution in [2.24, 2.45) is 0 Å². The number of pyridine rings is 1. The van der Waals surface area contributed by atoms with Crippen molar-refractivity contribution in [2.45, 2.75) is 13.1 Å². The number of H-pyrrole nitrogens is 1. The standard InChI is InChI=1S/C12H13BrN4O2/c13-10-8-17(12(19)16-11(10)18)6-5-14-7-9-3-1-2-4-15-9/h1-4,8,14H,5-7H2,(H,16,18,19). The highest BCUT2D eigenvalue weighted by Gasteiger charge is 2.01. The monoisotopic (exact) mass is 324 g/mol. The second-order valence-corrected chi connectivity index (χ2v) is 4.78. The minimum Gasteiger partial charge on any atom is -0.309 e. The van der Waals surface area contributed by atoms with Gasteiger partial charge in [0.1, 0.15) is 0 Å². The van der Waals surface area contributed by atoms with Gasteiger partial charge in [-0.25, -0.2) is 4.79 Å². The van der Waals surface area contributed by atoms with Crippen molar-refractivity contribution in [3.05, 3.63) is 61.6 Å². The molecule has 0 aliphatic heterocycles. The highest BCUT2D eigenvalue weighted by atomic mass is 79.9. The van der Waals surface area contributed by atoms with Gasteiger partial charge in [0, 0.05) is 32.0 Å². The van der Waals surface area contributed by atoms with E-state index in [2.05, 4.69) is 31.2 Å². The first kappa shape index (κ1) is 13.7. The first-order valence-electron chi connectivity index (χ1n) is 5.77. The second-order valence-electron chi connectivity index (χ2n) is 3.93. The molecule has 0 amide bonds. The Morgan fingerprint density at radius 3 is 2.95 bits per heavy atom. The molecule has 2 aromatic rings. The second kappa shape index (κ2) is 6.44. The summed E-state index contributed by atoms with van der Waals surface area (Å²) in [6.07, 6.45) is 3.23. The molecule has 100 valence electrons. The van der Waals surface area contributed by atoms with E-state index in [9.17, 15) is 9.59 Å². The predicted octanol–water partition coefficient (Wildman–Crippen LogP) is 0.484. The summed E-state index contributed by atoms with van der Waals surface area (Å²) in [4.78, 5) is 29.1. The predicted molar refractivity (Wildman–Crippen MR) is 75.0 cm³/mol. The van der Waals surface area contributed by atoms with Crippen LogP contribution in [0.1, 0.15) is 5.69 Å². The van der Waals surface area contributed by atoms with Crippen LogP contribution >= 0.6 is 15.9 Å². The molecule has 0 aliphatic rings. The molecule has 0 aromatic carbocycles. The van der Waals surface area contributed by atoms with Gasteiger partial charge < -0.3 is 5.32 Å². The smallest absolute Gasteiger partial charge is 0.309 e. The van der Waals surface area contributed by atoms with Crippen LogP contribution < -0.4 is 16.6 Å². The van der Waals surface area contributed by atoms with Crippen molar-refractivity contribution in [1.82, 2.24) is 19.9 Å². The van der Waals surface area contributed by atoms with Gasteiger partial charge in [-0.3, -0.25) is 19.3 Å². The molecule has 0 saturated carbocycles. The Bertz CT molecular complexity index is 651. The summed E-state index contributed by atoms with van der Waals surface area (Å²) < 4.78 is 1.79. The molecule has 0 atom stereocenters. The van der Waals surface area contributed by atoms with Gasteiger partial charge in [-0.15, -0.1) is 0 Å². The van der Waals surface area contributed by atoms with Crippen LogP contribution in [0.15, 0.2) is 44.7 Å². The lowest BCUT2D eigenvalue weighted by atomic mass is 10.3. The van der Waals surface area contributed by atoms with Gasteiger partial charge in [0.15, 0.2) is 0 Å². The first-order valence-corrected chi connectivity index (χ1v) is 6.56. The van der Waals surface area contributed by atoms with Crippen molar-refractivity contribution in [3.63, 3.8) is 0 Å².